The Morgan fingerprint density at radius 1 is 1.06 bits per heavy atom. The van der Waals surface area contributed by atoms with Gasteiger partial charge in [0.25, 0.3) is 0 Å². The molecule has 0 bridgehead atoms. The zero-order chi connectivity index (χ0) is 21.2. The van der Waals surface area contributed by atoms with Crippen LogP contribution in [0.15, 0.2) is 48.8 Å². The van der Waals surface area contributed by atoms with Gasteiger partial charge in [-0.25, -0.2) is 0 Å². The first-order valence-electron chi connectivity index (χ1n) is 10.8. The Morgan fingerprint density at radius 3 is 2.65 bits per heavy atom. The first-order chi connectivity index (χ1) is 15.2. The van der Waals surface area contributed by atoms with Gasteiger partial charge in [0.1, 0.15) is 0 Å². The first kappa shape index (κ1) is 19.7. The van der Waals surface area contributed by atoms with E-state index in [4.69, 9.17) is 0 Å². The van der Waals surface area contributed by atoms with Gasteiger partial charge in [0.05, 0.1) is 11.4 Å². The molecule has 0 saturated carbocycles. The summed E-state index contributed by atoms with van der Waals surface area (Å²) < 4.78 is 0. The summed E-state index contributed by atoms with van der Waals surface area (Å²) in [6.45, 7) is 4.54. The van der Waals surface area contributed by atoms with Gasteiger partial charge in [-0.2, -0.15) is 5.10 Å². The molecular weight excluding hydrogens is 392 g/mol. The molecule has 0 aliphatic carbocycles. The Hall–Kier alpha value is -3.26. The van der Waals surface area contributed by atoms with Crippen LogP contribution in [0, 0.1) is 5.92 Å². The Balaban J connectivity index is 1.16. The number of aromatic amines is 1. The highest BCUT2D eigenvalue weighted by Crippen LogP contribution is 2.30. The second kappa shape index (κ2) is 8.47. The third-order valence-corrected chi connectivity index (χ3v) is 6.33. The Kier molecular flexibility index (Phi) is 5.38. The predicted molar refractivity (Wildman–Crippen MR) is 118 cm³/mol. The van der Waals surface area contributed by atoms with Crippen molar-refractivity contribution in [1.82, 2.24) is 25.0 Å². The Morgan fingerprint density at radius 2 is 1.84 bits per heavy atom. The summed E-state index contributed by atoms with van der Waals surface area (Å²) in [5.41, 5.74) is 2.17. The van der Waals surface area contributed by atoms with Crippen molar-refractivity contribution in [3.05, 3.63) is 54.4 Å². The van der Waals surface area contributed by atoms with E-state index in [-0.39, 0.29) is 24.2 Å². The van der Waals surface area contributed by atoms with Crippen molar-refractivity contribution in [2.24, 2.45) is 5.92 Å². The zero-order valence-corrected chi connectivity index (χ0v) is 17.4. The van der Waals surface area contributed by atoms with Crippen LogP contribution in [0.25, 0.3) is 10.9 Å². The van der Waals surface area contributed by atoms with Crippen LogP contribution in [0.5, 0.6) is 0 Å². The second-order valence-corrected chi connectivity index (χ2v) is 8.27. The van der Waals surface area contributed by atoms with E-state index in [1.165, 1.54) is 5.56 Å². The van der Waals surface area contributed by atoms with Crippen LogP contribution in [0.4, 0.5) is 5.82 Å². The molecule has 5 rings (SSSR count). The summed E-state index contributed by atoms with van der Waals surface area (Å²) in [6, 6.07) is 11.8. The summed E-state index contributed by atoms with van der Waals surface area (Å²) in [5, 5.41) is 8.22. The number of hydrogen-bond donors (Lipinski definition) is 1. The van der Waals surface area contributed by atoms with Crippen LogP contribution in [0.2, 0.25) is 0 Å². The van der Waals surface area contributed by atoms with Crippen LogP contribution in [-0.2, 0) is 16.0 Å². The Bertz CT molecular complexity index is 1070. The number of hydrogen-bond acceptors (Lipinski definition) is 5. The molecule has 2 aliphatic rings. The number of piperazine rings is 1. The molecule has 2 saturated heterocycles. The van der Waals surface area contributed by atoms with Crippen molar-refractivity contribution in [1.29, 1.82) is 0 Å². The number of carbonyl (C=O) groups excluding carboxylic acids is 2. The number of aromatic nitrogens is 3. The monoisotopic (exact) mass is 418 g/mol. The number of H-pyrrole nitrogens is 1. The lowest BCUT2D eigenvalue weighted by molar-refractivity contribution is -0.137. The van der Waals surface area contributed by atoms with Crippen molar-refractivity contribution in [3.63, 3.8) is 0 Å². The Labute approximate surface area is 180 Å². The van der Waals surface area contributed by atoms with E-state index < -0.39 is 0 Å². The normalized spacial score (nSPS) is 20.0. The van der Waals surface area contributed by atoms with Crippen LogP contribution >= 0.6 is 0 Å². The van der Waals surface area contributed by atoms with E-state index >= 15 is 0 Å². The number of carbonyl (C=O) groups is 2. The van der Waals surface area contributed by atoms with Gasteiger partial charge in [0, 0.05) is 63.5 Å². The summed E-state index contributed by atoms with van der Waals surface area (Å²) in [7, 11) is 0. The van der Waals surface area contributed by atoms with Crippen molar-refractivity contribution in [2.45, 2.75) is 12.8 Å². The maximum absolute atomic E-state index is 13.1. The van der Waals surface area contributed by atoms with E-state index in [0.29, 0.717) is 25.5 Å². The highest BCUT2D eigenvalue weighted by molar-refractivity contribution is 6.05. The van der Waals surface area contributed by atoms with Crippen LogP contribution in [0.1, 0.15) is 12.0 Å². The molecule has 2 aliphatic heterocycles. The molecule has 1 atom stereocenters. The molecule has 160 valence electrons. The van der Waals surface area contributed by atoms with E-state index in [1.54, 1.807) is 4.90 Å². The topological polar surface area (TPSA) is 85.4 Å². The van der Waals surface area contributed by atoms with Gasteiger partial charge in [0.2, 0.25) is 11.8 Å². The molecule has 1 aromatic carbocycles. The minimum Gasteiger partial charge on any atom is -0.340 e. The predicted octanol–water partition coefficient (Wildman–Crippen LogP) is 1.70. The molecule has 0 spiro atoms. The third-order valence-electron chi connectivity index (χ3n) is 6.33. The van der Waals surface area contributed by atoms with Gasteiger partial charge < -0.3 is 4.90 Å². The first-order valence-corrected chi connectivity index (χ1v) is 10.8. The fraction of sp³-hybridized carbons (Fsp3) is 0.391. The second-order valence-electron chi connectivity index (χ2n) is 8.27. The quantitative estimate of drug-likeness (QED) is 0.682. The molecule has 2 fully saturated rings. The van der Waals surface area contributed by atoms with Gasteiger partial charge >= 0.3 is 0 Å². The number of fused-ring (bicyclic) bond motifs is 1. The molecule has 8 heteroatoms. The zero-order valence-electron chi connectivity index (χ0n) is 17.4. The molecule has 8 nitrogen and oxygen atoms in total. The maximum Gasteiger partial charge on any atom is 0.229 e. The highest BCUT2D eigenvalue weighted by atomic mass is 16.2. The average molecular weight is 419 g/mol. The molecule has 0 radical (unpaired) electrons. The number of benzene rings is 1. The van der Waals surface area contributed by atoms with E-state index in [9.17, 15) is 9.59 Å². The summed E-state index contributed by atoms with van der Waals surface area (Å²) >= 11 is 0. The summed E-state index contributed by atoms with van der Waals surface area (Å²) in [4.78, 5) is 35.8. The largest absolute Gasteiger partial charge is 0.340 e. The number of pyridine rings is 1. The van der Waals surface area contributed by atoms with Crippen LogP contribution < -0.4 is 4.90 Å². The minimum atomic E-state index is -0.300. The fourth-order valence-corrected chi connectivity index (χ4v) is 4.52. The standard InChI is InChI=1S/C23H26N6O2/c30-21-15-18(16-29(21)22-19-3-1-2-4-20(19)25-26-22)23(31)28-13-11-27(12-14-28)10-7-17-5-8-24-9-6-17/h1-6,8-9,18H,7,10-16H2,(H,25,26)/t18-/m1/s1. The highest BCUT2D eigenvalue weighted by Gasteiger charge is 2.39. The third kappa shape index (κ3) is 4.03. The fourth-order valence-electron chi connectivity index (χ4n) is 4.52. The maximum atomic E-state index is 13.1. The number of nitrogens with zero attached hydrogens (tertiary/aromatic N) is 5. The number of amides is 2. The van der Waals surface area contributed by atoms with Gasteiger partial charge in [-0.3, -0.25) is 29.5 Å². The van der Waals surface area contributed by atoms with Gasteiger partial charge in [-0.15, -0.1) is 0 Å². The van der Waals surface area contributed by atoms with Gasteiger partial charge in [-0.1, -0.05) is 12.1 Å². The van der Waals surface area contributed by atoms with Gasteiger partial charge in [0.15, 0.2) is 5.82 Å². The molecule has 0 unspecified atom stereocenters. The molecule has 4 heterocycles. The molecule has 2 aromatic heterocycles. The van der Waals surface area contributed by atoms with E-state index in [1.807, 2.05) is 53.7 Å². The lowest BCUT2D eigenvalue weighted by Crippen LogP contribution is -2.51. The van der Waals surface area contributed by atoms with Crippen molar-refractivity contribution >= 4 is 28.5 Å². The van der Waals surface area contributed by atoms with Gasteiger partial charge in [-0.05, 0) is 36.2 Å². The molecular formula is C23H26N6O2. The number of anilines is 1. The lowest BCUT2D eigenvalue weighted by Gasteiger charge is -2.35. The average Bonchev–Trinajstić information content (AvgIpc) is 3.41. The number of nitrogens with one attached hydrogen (secondary N) is 1. The lowest BCUT2D eigenvalue weighted by atomic mass is 10.1. The number of rotatable bonds is 5. The van der Waals surface area contributed by atoms with E-state index in [0.717, 1.165) is 37.0 Å². The molecule has 31 heavy (non-hydrogen) atoms. The van der Waals surface area contributed by atoms with Crippen molar-refractivity contribution in [2.75, 3.05) is 44.2 Å². The summed E-state index contributed by atoms with van der Waals surface area (Å²) in [5.74, 6) is 0.374. The smallest absolute Gasteiger partial charge is 0.229 e. The van der Waals surface area contributed by atoms with Crippen LogP contribution in [-0.4, -0.2) is 76.1 Å². The van der Waals surface area contributed by atoms with Crippen molar-refractivity contribution < 1.29 is 9.59 Å². The molecule has 1 N–H and O–H groups in total. The molecule has 2 amide bonds. The minimum absolute atomic E-state index is 0.0356. The number of para-hydroxylation sites is 1. The van der Waals surface area contributed by atoms with Crippen molar-refractivity contribution in [3.8, 4) is 0 Å². The molecule has 3 aromatic rings. The SMILES string of the molecule is O=C([C@@H]1CC(=O)N(c2n[nH]c3ccccc23)C1)N1CCN(CCc2ccncc2)CC1. The van der Waals surface area contributed by atoms with Crippen LogP contribution in [0.3, 0.4) is 0 Å². The summed E-state index contributed by atoms with van der Waals surface area (Å²) in [6.07, 6.45) is 4.89. The van der Waals surface area contributed by atoms with E-state index in [2.05, 4.69) is 20.1 Å².